The minimum Gasteiger partial charge on any atom is -0.480 e. The van der Waals surface area contributed by atoms with Crippen LogP contribution >= 0.6 is 0 Å². The van der Waals surface area contributed by atoms with Crippen molar-refractivity contribution in [1.82, 2.24) is 10.6 Å². The average Bonchev–Trinajstić information content (AvgIpc) is 2.24. The van der Waals surface area contributed by atoms with Crippen LogP contribution in [0.3, 0.4) is 0 Å². The highest BCUT2D eigenvalue weighted by atomic mass is 16.4. The summed E-state index contributed by atoms with van der Waals surface area (Å²) in [6, 6.07) is -1.32. The number of terminal acetylenes is 1. The molecule has 0 aromatic heterocycles. The summed E-state index contributed by atoms with van der Waals surface area (Å²) in [6.07, 6.45) is 7.54. The van der Waals surface area contributed by atoms with E-state index in [1.165, 1.54) is 0 Å². The molecule has 0 saturated heterocycles. The van der Waals surface area contributed by atoms with Crippen LogP contribution in [0, 0.1) is 12.3 Å². The van der Waals surface area contributed by atoms with Crippen LogP contribution in [-0.2, 0) is 4.79 Å². The first-order valence-corrected chi connectivity index (χ1v) is 5.32. The highest BCUT2D eigenvalue weighted by Gasteiger charge is 2.18. The van der Waals surface area contributed by atoms with Gasteiger partial charge >= 0.3 is 12.0 Å². The third kappa shape index (κ3) is 6.71. The number of hydrogen-bond donors (Lipinski definition) is 3. The first-order chi connectivity index (χ1) is 7.61. The fourth-order valence-electron chi connectivity index (χ4n) is 1.12. The monoisotopic (exact) mass is 226 g/mol. The van der Waals surface area contributed by atoms with E-state index in [-0.39, 0.29) is 0 Å². The van der Waals surface area contributed by atoms with Crippen LogP contribution in [0.4, 0.5) is 4.79 Å². The molecular weight excluding hydrogens is 208 g/mol. The van der Waals surface area contributed by atoms with Crippen molar-refractivity contribution in [2.45, 2.75) is 38.6 Å². The normalized spacial score (nSPS) is 11.2. The van der Waals surface area contributed by atoms with E-state index in [1.807, 2.05) is 6.92 Å². The van der Waals surface area contributed by atoms with Crippen LogP contribution in [0.15, 0.2) is 0 Å². The average molecular weight is 226 g/mol. The third-order valence-electron chi connectivity index (χ3n) is 2.00. The molecule has 2 amide bonds. The summed E-state index contributed by atoms with van der Waals surface area (Å²) in [5.74, 6) is 1.36. The molecule has 0 aliphatic carbocycles. The first kappa shape index (κ1) is 14.3. The second-order valence-corrected chi connectivity index (χ2v) is 3.39. The highest BCUT2D eigenvalue weighted by molar-refractivity contribution is 5.82. The van der Waals surface area contributed by atoms with E-state index in [1.54, 1.807) is 0 Å². The van der Waals surface area contributed by atoms with Crippen molar-refractivity contribution in [3.05, 3.63) is 0 Å². The summed E-state index contributed by atoms with van der Waals surface area (Å²) in [6.45, 7) is 2.31. The molecular formula is C11H18N2O3. The van der Waals surface area contributed by atoms with Crippen molar-refractivity contribution >= 4 is 12.0 Å². The van der Waals surface area contributed by atoms with Crippen LogP contribution in [0.5, 0.6) is 0 Å². The van der Waals surface area contributed by atoms with Crippen molar-refractivity contribution in [3.63, 3.8) is 0 Å². The van der Waals surface area contributed by atoms with Gasteiger partial charge in [0.15, 0.2) is 0 Å². The molecule has 0 rings (SSSR count). The van der Waals surface area contributed by atoms with Crippen LogP contribution in [0.2, 0.25) is 0 Å². The van der Waals surface area contributed by atoms with Gasteiger partial charge in [0.25, 0.3) is 0 Å². The Kier molecular flexibility index (Phi) is 7.68. The lowest BCUT2D eigenvalue weighted by Crippen LogP contribution is -2.46. The zero-order valence-corrected chi connectivity index (χ0v) is 9.45. The van der Waals surface area contributed by atoms with Crippen molar-refractivity contribution in [2.75, 3.05) is 6.54 Å². The first-order valence-electron chi connectivity index (χ1n) is 5.32. The third-order valence-corrected chi connectivity index (χ3v) is 2.00. The summed E-state index contributed by atoms with van der Waals surface area (Å²) >= 11 is 0. The number of urea groups is 1. The standard InChI is InChI=1S/C11H18N2O3/c1-3-5-7-9(10(14)15)13-11(16)12-8-6-4-2/h2,9H,3,5-8H2,1H3,(H,14,15)(H2,12,13,16)/t9-/m0/s1. The second-order valence-electron chi connectivity index (χ2n) is 3.39. The number of amides is 2. The smallest absolute Gasteiger partial charge is 0.326 e. The maximum atomic E-state index is 11.2. The Morgan fingerprint density at radius 3 is 2.69 bits per heavy atom. The maximum Gasteiger partial charge on any atom is 0.326 e. The molecule has 0 unspecified atom stereocenters. The summed E-state index contributed by atoms with van der Waals surface area (Å²) in [4.78, 5) is 22.0. The number of rotatable bonds is 7. The second kappa shape index (κ2) is 8.60. The van der Waals surface area contributed by atoms with E-state index in [2.05, 4.69) is 16.6 Å². The molecule has 0 aliphatic rings. The van der Waals surface area contributed by atoms with E-state index in [0.717, 1.165) is 12.8 Å². The summed E-state index contributed by atoms with van der Waals surface area (Å²) in [5.41, 5.74) is 0. The van der Waals surface area contributed by atoms with Crippen LogP contribution in [0.1, 0.15) is 32.6 Å². The van der Waals surface area contributed by atoms with Gasteiger partial charge in [-0.15, -0.1) is 12.3 Å². The molecule has 0 aromatic carbocycles. The van der Waals surface area contributed by atoms with Gasteiger partial charge in [-0.2, -0.15) is 0 Å². The number of nitrogens with one attached hydrogen (secondary N) is 2. The Morgan fingerprint density at radius 1 is 1.50 bits per heavy atom. The molecule has 90 valence electrons. The van der Waals surface area contributed by atoms with E-state index in [0.29, 0.717) is 19.4 Å². The molecule has 5 nitrogen and oxygen atoms in total. The number of carboxylic acids is 1. The topological polar surface area (TPSA) is 78.4 Å². The Bertz CT molecular complexity index is 271. The fourth-order valence-corrected chi connectivity index (χ4v) is 1.12. The van der Waals surface area contributed by atoms with Gasteiger partial charge in [-0.1, -0.05) is 19.8 Å². The van der Waals surface area contributed by atoms with Gasteiger partial charge in [0, 0.05) is 13.0 Å². The van der Waals surface area contributed by atoms with E-state index in [4.69, 9.17) is 11.5 Å². The number of hydrogen-bond acceptors (Lipinski definition) is 2. The predicted molar refractivity (Wildman–Crippen MR) is 60.9 cm³/mol. The van der Waals surface area contributed by atoms with Crippen molar-refractivity contribution in [1.29, 1.82) is 0 Å². The fraction of sp³-hybridized carbons (Fsp3) is 0.636. The molecule has 1 atom stereocenters. The molecule has 5 heteroatoms. The zero-order valence-electron chi connectivity index (χ0n) is 9.45. The molecule has 0 radical (unpaired) electrons. The van der Waals surface area contributed by atoms with E-state index < -0.39 is 18.0 Å². The van der Waals surface area contributed by atoms with Gasteiger partial charge in [0.05, 0.1) is 0 Å². The number of unbranched alkanes of at least 4 members (excludes halogenated alkanes) is 1. The Morgan fingerprint density at radius 2 is 2.19 bits per heavy atom. The molecule has 16 heavy (non-hydrogen) atoms. The van der Waals surface area contributed by atoms with Gasteiger partial charge in [0.1, 0.15) is 6.04 Å². The summed E-state index contributed by atoms with van der Waals surface area (Å²) in [7, 11) is 0. The molecule has 0 spiro atoms. The van der Waals surface area contributed by atoms with Crippen molar-refractivity contribution in [2.24, 2.45) is 0 Å². The molecule has 0 aromatic rings. The van der Waals surface area contributed by atoms with Crippen LogP contribution < -0.4 is 10.6 Å². The zero-order chi connectivity index (χ0) is 12.4. The molecule has 0 fully saturated rings. The molecule has 3 N–H and O–H groups in total. The Hall–Kier alpha value is -1.70. The Labute approximate surface area is 95.6 Å². The maximum absolute atomic E-state index is 11.2. The van der Waals surface area contributed by atoms with Crippen molar-refractivity contribution < 1.29 is 14.7 Å². The quantitative estimate of drug-likeness (QED) is 0.447. The lowest BCUT2D eigenvalue weighted by molar-refractivity contribution is -0.139. The highest BCUT2D eigenvalue weighted by Crippen LogP contribution is 2.00. The van der Waals surface area contributed by atoms with Crippen LogP contribution in [-0.4, -0.2) is 29.7 Å². The molecule has 0 bridgehead atoms. The van der Waals surface area contributed by atoms with Gasteiger partial charge < -0.3 is 15.7 Å². The molecule has 0 saturated carbocycles. The van der Waals surface area contributed by atoms with Crippen LogP contribution in [0.25, 0.3) is 0 Å². The number of aliphatic carboxylic acids is 1. The lowest BCUT2D eigenvalue weighted by atomic mass is 10.1. The van der Waals surface area contributed by atoms with E-state index >= 15 is 0 Å². The van der Waals surface area contributed by atoms with E-state index in [9.17, 15) is 9.59 Å². The van der Waals surface area contributed by atoms with Gasteiger partial charge in [-0.25, -0.2) is 9.59 Å². The van der Waals surface area contributed by atoms with Gasteiger partial charge in [-0.3, -0.25) is 0 Å². The SMILES string of the molecule is C#CCCNC(=O)N[C@@H](CCCC)C(=O)O. The predicted octanol–water partition coefficient (Wildman–Crippen LogP) is 0.952. The Balaban J connectivity index is 3.94. The molecule has 0 heterocycles. The number of carbonyl (C=O) groups excluding carboxylic acids is 1. The van der Waals surface area contributed by atoms with Gasteiger partial charge in [0.2, 0.25) is 0 Å². The number of carbonyl (C=O) groups is 2. The number of carboxylic acid groups (broad SMARTS) is 1. The minimum absolute atomic E-state index is 0.350. The summed E-state index contributed by atoms with van der Waals surface area (Å²) in [5, 5.41) is 13.7. The lowest BCUT2D eigenvalue weighted by Gasteiger charge is -2.14. The van der Waals surface area contributed by atoms with Gasteiger partial charge in [-0.05, 0) is 6.42 Å². The minimum atomic E-state index is -1.01. The summed E-state index contributed by atoms with van der Waals surface area (Å²) < 4.78 is 0. The largest absolute Gasteiger partial charge is 0.480 e. The van der Waals surface area contributed by atoms with Crippen molar-refractivity contribution in [3.8, 4) is 12.3 Å². The molecule has 0 aliphatic heterocycles.